The molecular weight excluding hydrogens is 338 g/mol. The van der Waals surface area contributed by atoms with Crippen LogP contribution in [0.25, 0.3) is 0 Å². The molecule has 1 aromatic rings. The third kappa shape index (κ3) is 3.73. The monoisotopic (exact) mass is 365 g/mol. The number of nitrogens with one attached hydrogen (secondary N) is 1. The van der Waals surface area contributed by atoms with Crippen molar-refractivity contribution in [2.75, 3.05) is 26.2 Å². The summed E-state index contributed by atoms with van der Waals surface area (Å²) in [6.07, 6.45) is 2.87. The molecule has 0 aliphatic carbocycles. The highest BCUT2D eigenvalue weighted by molar-refractivity contribution is 7.89. The number of nitrogens with zero attached hydrogens (tertiary/aromatic N) is 2. The molecule has 2 unspecified atom stereocenters. The van der Waals surface area contributed by atoms with Gasteiger partial charge in [0.1, 0.15) is 0 Å². The molecule has 0 radical (unpaired) electrons. The van der Waals surface area contributed by atoms with E-state index < -0.39 is 10.0 Å². The molecule has 0 saturated carbocycles. The number of piperazine rings is 1. The summed E-state index contributed by atoms with van der Waals surface area (Å²) < 4.78 is 27.2. The highest BCUT2D eigenvalue weighted by Crippen LogP contribution is 2.22. The predicted octanol–water partition coefficient (Wildman–Crippen LogP) is 1.68. The van der Waals surface area contributed by atoms with Gasteiger partial charge in [-0.05, 0) is 44.9 Å². The summed E-state index contributed by atoms with van der Waals surface area (Å²) in [5, 5.41) is 3.35. The minimum atomic E-state index is -3.52. The number of carbonyl (C=O) groups is 1. The molecule has 2 aliphatic rings. The van der Waals surface area contributed by atoms with Crippen LogP contribution in [0.2, 0.25) is 0 Å². The topological polar surface area (TPSA) is 69.7 Å². The first-order valence-electron chi connectivity index (χ1n) is 9.06. The minimum Gasteiger partial charge on any atom is -0.333 e. The number of sulfonamides is 1. The van der Waals surface area contributed by atoms with E-state index in [-0.39, 0.29) is 22.9 Å². The Morgan fingerprint density at radius 2 is 1.84 bits per heavy atom. The number of amides is 1. The van der Waals surface area contributed by atoms with Crippen LogP contribution in [0.3, 0.4) is 0 Å². The van der Waals surface area contributed by atoms with Gasteiger partial charge in [-0.2, -0.15) is 4.31 Å². The van der Waals surface area contributed by atoms with Crippen molar-refractivity contribution in [3.63, 3.8) is 0 Å². The third-order valence-electron chi connectivity index (χ3n) is 5.33. The molecule has 2 aliphatic heterocycles. The van der Waals surface area contributed by atoms with E-state index in [1.54, 1.807) is 18.2 Å². The Kier molecular flexibility index (Phi) is 5.46. The van der Waals surface area contributed by atoms with E-state index in [2.05, 4.69) is 12.2 Å². The summed E-state index contributed by atoms with van der Waals surface area (Å²) >= 11 is 0. The molecule has 138 valence electrons. The number of benzene rings is 1. The van der Waals surface area contributed by atoms with Crippen molar-refractivity contribution in [2.24, 2.45) is 0 Å². The van der Waals surface area contributed by atoms with Crippen LogP contribution in [-0.2, 0) is 10.0 Å². The first-order chi connectivity index (χ1) is 11.9. The minimum absolute atomic E-state index is 0.0728. The summed E-state index contributed by atoms with van der Waals surface area (Å²) in [6, 6.07) is 6.79. The number of hydrogen-bond acceptors (Lipinski definition) is 4. The van der Waals surface area contributed by atoms with Crippen LogP contribution < -0.4 is 5.32 Å². The van der Waals surface area contributed by atoms with Crippen molar-refractivity contribution in [1.82, 2.24) is 14.5 Å². The second-order valence-electron chi connectivity index (χ2n) is 6.97. The lowest BCUT2D eigenvalue weighted by molar-refractivity contribution is 0.0602. The summed E-state index contributed by atoms with van der Waals surface area (Å²) in [6.45, 7) is 6.58. The van der Waals surface area contributed by atoms with Gasteiger partial charge in [0.2, 0.25) is 10.0 Å². The Morgan fingerprint density at radius 3 is 2.56 bits per heavy atom. The van der Waals surface area contributed by atoms with E-state index in [9.17, 15) is 13.2 Å². The Labute approximate surface area is 150 Å². The van der Waals surface area contributed by atoms with Crippen LogP contribution >= 0.6 is 0 Å². The Hall–Kier alpha value is -1.44. The quantitative estimate of drug-likeness (QED) is 0.885. The lowest BCUT2D eigenvalue weighted by Gasteiger charge is -2.38. The standard InChI is InChI=1S/C18H27N3O3S/c1-14-15(2)21(12-9-19-14)18(22)16-7-6-8-17(13-16)25(23,24)20-10-4-3-5-11-20/h6-8,13-15,19H,3-5,9-12H2,1-2H3. The van der Waals surface area contributed by atoms with Gasteiger partial charge in [0, 0.05) is 43.8 Å². The van der Waals surface area contributed by atoms with E-state index in [4.69, 9.17) is 0 Å². The number of carbonyl (C=O) groups excluding carboxylic acids is 1. The van der Waals surface area contributed by atoms with Crippen LogP contribution in [0.15, 0.2) is 29.2 Å². The zero-order valence-electron chi connectivity index (χ0n) is 14.9. The molecule has 2 atom stereocenters. The van der Waals surface area contributed by atoms with E-state index >= 15 is 0 Å². The average molecular weight is 365 g/mol. The smallest absolute Gasteiger partial charge is 0.254 e. The van der Waals surface area contributed by atoms with Gasteiger partial charge < -0.3 is 10.2 Å². The molecule has 0 aromatic heterocycles. The van der Waals surface area contributed by atoms with Gasteiger partial charge in [-0.3, -0.25) is 4.79 Å². The lowest BCUT2D eigenvalue weighted by atomic mass is 10.1. The van der Waals surface area contributed by atoms with Crippen molar-refractivity contribution in [2.45, 2.75) is 50.1 Å². The SMILES string of the molecule is CC1NCCN(C(=O)c2cccc(S(=O)(=O)N3CCCCC3)c2)C1C. The van der Waals surface area contributed by atoms with Crippen LogP contribution in [0.1, 0.15) is 43.5 Å². The highest BCUT2D eigenvalue weighted by atomic mass is 32.2. The number of piperidine rings is 1. The first kappa shape index (κ1) is 18.4. The van der Waals surface area contributed by atoms with Crippen molar-refractivity contribution in [3.05, 3.63) is 29.8 Å². The van der Waals surface area contributed by atoms with Crippen molar-refractivity contribution in [3.8, 4) is 0 Å². The largest absolute Gasteiger partial charge is 0.333 e. The fourth-order valence-electron chi connectivity index (χ4n) is 3.55. The predicted molar refractivity (Wildman–Crippen MR) is 97.0 cm³/mol. The van der Waals surface area contributed by atoms with Crippen LogP contribution in [-0.4, -0.2) is 61.8 Å². The summed E-state index contributed by atoms with van der Waals surface area (Å²) in [7, 11) is -3.52. The summed E-state index contributed by atoms with van der Waals surface area (Å²) in [5.74, 6) is -0.100. The fourth-order valence-corrected chi connectivity index (χ4v) is 5.12. The molecule has 7 heteroatoms. The average Bonchev–Trinajstić information content (AvgIpc) is 2.64. The molecule has 25 heavy (non-hydrogen) atoms. The van der Waals surface area contributed by atoms with Crippen LogP contribution in [0.5, 0.6) is 0 Å². The van der Waals surface area contributed by atoms with Crippen LogP contribution in [0, 0.1) is 0 Å². The lowest BCUT2D eigenvalue weighted by Crippen LogP contribution is -2.57. The molecule has 2 fully saturated rings. The van der Waals surface area contributed by atoms with Gasteiger partial charge in [-0.1, -0.05) is 12.5 Å². The maximum Gasteiger partial charge on any atom is 0.254 e. The maximum absolute atomic E-state index is 12.9. The van der Waals surface area contributed by atoms with Gasteiger partial charge in [0.05, 0.1) is 4.90 Å². The molecule has 1 aromatic carbocycles. The summed E-state index contributed by atoms with van der Waals surface area (Å²) in [5.41, 5.74) is 0.444. The first-order valence-corrected chi connectivity index (χ1v) is 10.5. The van der Waals surface area contributed by atoms with Crippen molar-refractivity contribution in [1.29, 1.82) is 0 Å². The number of rotatable bonds is 3. The van der Waals surface area contributed by atoms with Crippen molar-refractivity contribution < 1.29 is 13.2 Å². The molecule has 2 saturated heterocycles. The van der Waals surface area contributed by atoms with Gasteiger partial charge in [-0.15, -0.1) is 0 Å². The molecule has 6 nitrogen and oxygen atoms in total. The Balaban J connectivity index is 1.85. The molecule has 2 heterocycles. The fraction of sp³-hybridized carbons (Fsp3) is 0.611. The molecular formula is C18H27N3O3S. The van der Waals surface area contributed by atoms with Gasteiger partial charge >= 0.3 is 0 Å². The zero-order valence-corrected chi connectivity index (χ0v) is 15.8. The highest BCUT2D eigenvalue weighted by Gasteiger charge is 2.30. The van der Waals surface area contributed by atoms with Gasteiger partial charge in [0.15, 0.2) is 0 Å². The normalized spacial score (nSPS) is 25.8. The van der Waals surface area contributed by atoms with E-state index in [1.165, 1.54) is 10.4 Å². The summed E-state index contributed by atoms with van der Waals surface area (Å²) in [4.78, 5) is 14.9. The molecule has 0 spiro atoms. The maximum atomic E-state index is 12.9. The molecule has 1 N–H and O–H groups in total. The second kappa shape index (κ2) is 7.43. The molecule has 1 amide bonds. The third-order valence-corrected chi connectivity index (χ3v) is 7.22. The van der Waals surface area contributed by atoms with E-state index in [0.29, 0.717) is 25.2 Å². The van der Waals surface area contributed by atoms with E-state index in [0.717, 1.165) is 25.8 Å². The van der Waals surface area contributed by atoms with Crippen LogP contribution in [0.4, 0.5) is 0 Å². The number of hydrogen-bond donors (Lipinski definition) is 1. The molecule has 3 rings (SSSR count). The Morgan fingerprint density at radius 1 is 1.12 bits per heavy atom. The second-order valence-corrected chi connectivity index (χ2v) is 8.91. The molecule has 0 bridgehead atoms. The van der Waals surface area contributed by atoms with Gasteiger partial charge in [-0.25, -0.2) is 8.42 Å². The zero-order chi connectivity index (χ0) is 18.0. The Bertz CT molecular complexity index is 729. The van der Waals surface area contributed by atoms with E-state index in [1.807, 2.05) is 11.8 Å². The van der Waals surface area contributed by atoms with Crippen molar-refractivity contribution >= 4 is 15.9 Å². The van der Waals surface area contributed by atoms with Gasteiger partial charge in [0.25, 0.3) is 5.91 Å².